The molecule has 2 N–H and O–H groups in total. The summed E-state index contributed by atoms with van der Waals surface area (Å²) in [6.07, 6.45) is 7.61. The molecule has 0 aliphatic carbocycles. The lowest BCUT2D eigenvalue weighted by Gasteiger charge is -2.17. The quantitative estimate of drug-likeness (QED) is 0.230. The number of nitrogens with one attached hydrogen (secondary N) is 2. The Labute approximate surface area is 262 Å². The minimum absolute atomic E-state index is 0.161. The first-order valence-corrected chi connectivity index (χ1v) is 15.9. The topological polar surface area (TPSA) is 59.7 Å². The molecule has 0 unspecified atom stereocenters. The summed E-state index contributed by atoms with van der Waals surface area (Å²) in [6.45, 7) is 7.41. The molecule has 6 nitrogen and oxygen atoms in total. The smallest absolute Gasteiger partial charge is 0.123 e. The van der Waals surface area contributed by atoms with Crippen molar-refractivity contribution in [1.29, 1.82) is 0 Å². The van der Waals surface area contributed by atoms with E-state index in [-0.39, 0.29) is 11.6 Å². The van der Waals surface area contributed by atoms with Crippen LogP contribution in [0.25, 0.3) is 21.8 Å². The van der Waals surface area contributed by atoms with Gasteiger partial charge in [0.15, 0.2) is 0 Å². The Hall–Kier alpha value is -4.40. The summed E-state index contributed by atoms with van der Waals surface area (Å²) in [5.41, 5.74) is 10.8. The van der Waals surface area contributed by atoms with E-state index in [0.29, 0.717) is 0 Å². The largest absolute Gasteiger partial charge is 0.344 e. The van der Waals surface area contributed by atoms with Crippen molar-refractivity contribution in [3.63, 3.8) is 0 Å². The number of aromatic nitrogens is 4. The van der Waals surface area contributed by atoms with E-state index < -0.39 is 0 Å². The maximum Gasteiger partial charge on any atom is 0.123 e. The van der Waals surface area contributed by atoms with Crippen molar-refractivity contribution in [2.24, 2.45) is 0 Å². The van der Waals surface area contributed by atoms with Crippen LogP contribution in [0.1, 0.15) is 39.5 Å². The van der Waals surface area contributed by atoms with E-state index in [4.69, 9.17) is 0 Å². The zero-order chi connectivity index (χ0) is 30.8. The molecule has 0 atom stereocenters. The molecule has 230 valence electrons. The van der Waals surface area contributed by atoms with Crippen molar-refractivity contribution in [2.75, 3.05) is 13.1 Å². The number of benzene rings is 2. The van der Waals surface area contributed by atoms with E-state index in [1.54, 1.807) is 24.3 Å². The number of halogens is 2. The summed E-state index contributed by atoms with van der Waals surface area (Å²) in [5.74, 6) is -0.325. The number of nitrogens with zero attached hydrogens (tertiary/aromatic N) is 4. The van der Waals surface area contributed by atoms with Crippen LogP contribution in [0.4, 0.5) is 8.78 Å². The van der Waals surface area contributed by atoms with Gasteiger partial charge in [-0.3, -0.25) is 9.97 Å². The molecule has 0 saturated heterocycles. The third-order valence-electron chi connectivity index (χ3n) is 9.09. The average molecular weight is 605 g/mol. The predicted molar refractivity (Wildman–Crippen MR) is 175 cm³/mol. The Morgan fingerprint density at radius 2 is 1.33 bits per heavy atom. The maximum absolute atomic E-state index is 13.7. The molecule has 45 heavy (non-hydrogen) atoms. The Kier molecular flexibility index (Phi) is 8.41. The van der Waals surface area contributed by atoms with Gasteiger partial charge in [0.2, 0.25) is 0 Å². The molecule has 0 bridgehead atoms. The van der Waals surface area contributed by atoms with Crippen molar-refractivity contribution in [3.8, 4) is 0 Å². The number of hydrogen-bond acceptors (Lipinski definition) is 4. The summed E-state index contributed by atoms with van der Waals surface area (Å²) in [4.78, 5) is 8.77. The highest BCUT2D eigenvalue weighted by molar-refractivity contribution is 5.86. The molecule has 0 fully saturated rings. The molecule has 6 heterocycles. The van der Waals surface area contributed by atoms with E-state index >= 15 is 0 Å². The second-order valence-electron chi connectivity index (χ2n) is 12.0. The molecule has 0 radical (unpaired) electrons. The Morgan fingerprint density at radius 1 is 0.711 bits per heavy atom. The van der Waals surface area contributed by atoms with Gasteiger partial charge in [-0.25, -0.2) is 8.78 Å². The zero-order valence-corrected chi connectivity index (χ0v) is 25.6. The summed E-state index contributed by atoms with van der Waals surface area (Å²) in [6, 6.07) is 20.5. The lowest BCUT2D eigenvalue weighted by Crippen LogP contribution is -2.24. The van der Waals surface area contributed by atoms with Crippen LogP contribution in [-0.4, -0.2) is 32.2 Å². The third kappa shape index (κ3) is 6.13. The van der Waals surface area contributed by atoms with Crippen LogP contribution in [0.3, 0.4) is 0 Å². The first-order chi connectivity index (χ1) is 22.0. The normalized spacial score (nSPS) is 14.2. The van der Waals surface area contributed by atoms with E-state index in [2.05, 4.69) is 47.9 Å². The second kappa shape index (κ2) is 12.9. The van der Waals surface area contributed by atoms with E-state index in [0.717, 1.165) is 98.1 Å². The SMILES string of the molecule is Cc1ccc(CCn2c3c(c4cc(F)ccc42)CNCC3)cn1.Fc1ccc2c(c1)c1c(n2CCc2ccccn2)CCNC1. The van der Waals surface area contributed by atoms with Gasteiger partial charge in [0.1, 0.15) is 11.6 Å². The van der Waals surface area contributed by atoms with E-state index in [1.807, 2.05) is 43.6 Å². The second-order valence-corrected chi connectivity index (χ2v) is 12.0. The standard InChI is InChI=1S/C19H20FN3.C18H18FN3/c1-13-2-3-14(11-22-13)7-9-23-18-5-4-15(20)10-16(18)17-12-21-8-6-19(17)23;19-13-4-5-17-15(11-13)16-12-20-9-6-18(16)22(17)10-7-14-3-1-2-8-21-14/h2-5,10-11,21H,6-9,12H2,1H3;1-5,8,11,20H,6-7,9-10,12H2. The van der Waals surface area contributed by atoms with Gasteiger partial charge >= 0.3 is 0 Å². The van der Waals surface area contributed by atoms with Crippen molar-refractivity contribution in [2.45, 2.75) is 58.8 Å². The van der Waals surface area contributed by atoms with Crippen LogP contribution in [-0.2, 0) is 51.9 Å². The number of rotatable bonds is 6. The van der Waals surface area contributed by atoms with Gasteiger partial charge < -0.3 is 19.8 Å². The first kappa shape index (κ1) is 29.3. The van der Waals surface area contributed by atoms with Crippen LogP contribution in [0, 0.1) is 18.6 Å². The number of hydrogen-bond donors (Lipinski definition) is 2. The minimum atomic E-state index is -0.164. The first-order valence-electron chi connectivity index (χ1n) is 15.9. The zero-order valence-electron chi connectivity index (χ0n) is 25.6. The van der Waals surface area contributed by atoms with Gasteiger partial charge in [-0.05, 0) is 84.6 Å². The number of pyridine rings is 2. The van der Waals surface area contributed by atoms with Gasteiger partial charge in [-0.15, -0.1) is 0 Å². The summed E-state index contributed by atoms with van der Waals surface area (Å²) in [7, 11) is 0. The molecule has 2 aliphatic heterocycles. The number of aryl methyl sites for hydroxylation is 5. The van der Waals surface area contributed by atoms with E-state index in [1.165, 1.54) is 28.1 Å². The monoisotopic (exact) mass is 604 g/mol. The molecule has 4 aromatic heterocycles. The molecule has 0 spiro atoms. The van der Waals surface area contributed by atoms with Gasteiger partial charge in [0.05, 0.1) is 0 Å². The Bertz CT molecular complexity index is 1940. The van der Waals surface area contributed by atoms with Gasteiger partial charge in [-0.1, -0.05) is 12.1 Å². The predicted octanol–water partition coefficient (Wildman–Crippen LogP) is 6.44. The Morgan fingerprint density at radius 3 is 1.89 bits per heavy atom. The fraction of sp³-hybridized carbons (Fsp3) is 0.297. The van der Waals surface area contributed by atoms with Crippen molar-refractivity contribution in [1.82, 2.24) is 29.7 Å². The fourth-order valence-corrected chi connectivity index (χ4v) is 6.88. The van der Waals surface area contributed by atoms with Crippen LogP contribution >= 0.6 is 0 Å². The highest BCUT2D eigenvalue weighted by Crippen LogP contribution is 2.31. The van der Waals surface area contributed by atoms with Gasteiger partial charge in [0.25, 0.3) is 0 Å². The lowest BCUT2D eigenvalue weighted by atomic mass is 10.1. The molecule has 8 heteroatoms. The molecule has 0 saturated carbocycles. The van der Waals surface area contributed by atoms with Crippen molar-refractivity contribution < 1.29 is 8.78 Å². The van der Waals surface area contributed by atoms with Crippen LogP contribution < -0.4 is 10.6 Å². The average Bonchev–Trinajstić information content (AvgIpc) is 3.55. The molecular weight excluding hydrogens is 566 g/mol. The molecule has 0 amide bonds. The van der Waals surface area contributed by atoms with Crippen LogP contribution in [0.15, 0.2) is 79.1 Å². The van der Waals surface area contributed by atoms with Crippen LogP contribution in [0.2, 0.25) is 0 Å². The van der Waals surface area contributed by atoms with Gasteiger partial charge in [-0.2, -0.15) is 0 Å². The summed E-state index contributed by atoms with van der Waals surface area (Å²) >= 11 is 0. The molecule has 8 rings (SSSR count). The third-order valence-corrected chi connectivity index (χ3v) is 9.09. The number of fused-ring (bicyclic) bond motifs is 6. The van der Waals surface area contributed by atoms with E-state index in [9.17, 15) is 8.78 Å². The lowest BCUT2D eigenvalue weighted by molar-refractivity contribution is 0.592. The molecule has 2 aliphatic rings. The van der Waals surface area contributed by atoms with Crippen molar-refractivity contribution in [3.05, 3.63) is 130 Å². The highest BCUT2D eigenvalue weighted by Gasteiger charge is 2.21. The van der Waals surface area contributed by atoms with Gasteiger partial charge in [0, 0.05) is 116 Å². The minimum Gasteiger partial charge on any atom is -0.344 e. The summed E-state index contributed by atoms with van der Waals surface area (Å²) in [5, 5.41) is 8.89. The summed E-state index contributed by atoms with van der Waals surface area (Å²) < 4.78 is 32.0. The van der Waals surface area contributed by atoms with Crippen LogP contribution in [0.5, 0.6) is 0 Å². The molecule has 2 aromatic carbocycles. The fourth-order valence-electron chi connectivity index (χ4n) is 6.88. The highest BCUT2D eigenvalue weighted by atomic mass is 19.1. The molecule has 6 aromatic rings. The van der Waals surface area contributed by atoms with Crippen molar-refractivity contribution >= 4 is 21.8 Å². The Balaban J connectivity index is 0.000000145. The maximum atomic E-state index is 13.7. The molecular formula is C37H38F2N6.